The minimum Gasteiger partial charge on any atom is -0.399 e. The van der Waals surface area contributed by atoms with Gasteiger partial charge in [0.05, 0.1) is 0 Å². The molecule has 0 bridgehead atoms. The number of rotatable bonds is 2. The molecule has 3 nitrogen and oxygen atoms in total. The van der Waals surface area contributed by atoms with Crippen LogP contribution < -0.4 is 5.73 Å². The molecule has 17 heavy (non-hydrogen) atoms. The summed E-state index contributed by atoms with van der Waals surface area (Å²) in [6.07, 6.45) is 3.28. The molecule has 2 aliphatic rings. The van der Waals surface area contributed by atoms with Gasteiger partial charge >= 0.3 is 0 Å². The van der Waals surface area contributed by atoms with Crippen molar-refractivity contribution in [1.29, 1.82) is 0 Å². The van der Waals surface area contributed by atoms with E-state index in [1.807, 2.05) is 17.0 Å². The minimum atomic E-state index is 0.347. The zero-order valence-corrected chi connectivity index (χ0v) is 9.93. The summed E-state index contributed by atoms with van der Waals surface area (Å²) in [5, 5.41) is 0. The Balaban J connectivity index is 1.66. The third-order valence-electron chi connectivity index (χ3n) is 3.83. The Hall–Kier alpha value is -1.51. The van der Waals surface area contributed by atoms with Crippen molar-refractivity contribution in [2.45, 2.75) is 25.2 Å². The number of likely N-dealkylation sites (tertiary alicyclic amines) is 1. The molecule has 0 aromatic heterocycles. The summed E-state index contributed by atoms with van der Waals surface area (Å²) in [5.41, 5.74) is 7.80. The molecule has 2 N–H and O–H groups in total. The van der Waals surface area contributed by atoms with Crippen LogP contribution in [0.4, 0.5) is 5.69 Å². The molecule has 2 fully saturated rings. The number of nitrogens with zero attached hydrogens (tertiary/aromatic N) is 1. The quantitative estimate of drug-likeness (QED) is 0.790. The average Bonchev–Trinajstić information content (AvgIpc) is 3.07. The van der Waals surface area contributed by atoms with E-state index in [2.05, 4.69) is 12.1 Å². The monoisotopic (exact) mass is 230 g/mol. The summed E-state index contributed by atoms with van der Waals surface area (Å²) >= 11 is 0. The van der Waals surface area contributed by atoms with Crippen LogP contribution in [0.3, 0.4) is 0 Å². The smallest absolute Gasteiger partial charge is 0.225 e. The minimum absolute atomic E-state index is 0.347. The maximum Gasteiger partial charge on any atom is 0.225 e. The van der Waals surface area contributed by atoms with Gasteiger partial charge in [-0.05, 0) is 37.0 Å². The van der Waals surface area contributed by atoms with Crippen molar-refractivity contribution in [2.75, 3.05) is 18.8 Å². The van der Waals surface area contributed by atoms with E-state index >= 15 is 0 Å². The van der Waals surface area contributed by atoms with Crippen molar-refractivity contribution in [3.63, 3.8) is 0 Å². The Morgan fingerprint density at radius 2 is 1.88 bits per heavy atom. The lowest BCUT2D eigenvalue weighted by Crippen LogP contribution is -2.29. The summed E-state index contributed by atoms with van der Waals surface area (Å²) < 4.78 is 0. The number of carbonyl (C=O) groups excluding carboxylic acids is 1. The summed E-state index contributed by atoms with van der Waals surface area (Å²) in [7, 11) is 0. The van der Waals surface area contributed by atoms with E-state index in [-0.39, 0.29) is 0 Å². The Morgan fingerprint density at radius 3 is 2.53 bits per heavy atom. The third-order valence-corrected chi connectivity index (χ3v) is 3.83. The highest BCUT2D eigenvalue weighted by Crippen LogP contribution is 2.35. The van der Waals surface area contributed by atoms with Crippen LogP contribution in [-0.4, -0.2) is 23.9 Å². The van der Waals surface area contributed by atoms with E-state index in [4.69, 9.17) is 5.73 Å². The molecule has 1 amide bonds. The number of nitrogen functional groups attached to an aromatic ring is 1. The lowest BCUT2D eigenvalue weighted by atomic mass is 9.98. The predicted octanol–water partition coefficient (Wildman–Crippen LogP) is 1.99. The van der Waals surface area contributed by atoms with Crippen molar-refractivity contribution in [3.8, 4) is 0 Å². The number of hydrogen-bond acceptors (Lipinski definition) is 2. The second-order valence-corrected chi connectivity index (χ2v) is 5.21. The summed E-state index contributed by atoms with van der Waals surface area (Å²) in [6, 6.07) is 8.07. The molecular formula is C14H18N2O. The van der Waals surface area contributed by atoms with E-state index in [0.29, 0.717) is 17.7 Å². The van der Waals surface area contributed by atoms with E-state index in [0.717, 1.165) is 38.0 Å². The molecule has 1 aromatic carbocycles. The normalized spacial score (nSPS) is 24.0. The van der Waals surface area contributed by atoms with Gasteiger partial charge in [-0.1, -0.05) is 12.1 Å². The van der Waals surface area contributed by atoms with Crippen molar-refractivity contribution >= 4 is 11.6 Å². The highest BCUT2D eigenvalue weighted by molar-refractivity contribution is 5.81. The van der Waals surface area contributed by atoms with Crippen LogP contribution in [0.25, 0.3) is 0 Å². The van der Waals surface area contributed by atoms with Crippen molar-refractivity contribution < 1.29 is 4.79 Å². The third kappa shape index (κ3) is 2.14. The molecular weight excluding hydrogens is 212 g/mol. The number of amides is 1. The SMILES string of the molecule is Nc1ccc(C2CCN(C(=O)C3CC3)C2)cc1. The number of benzene rings is 1. The molecule has 1 unspecified atom stereocenters. The number of nitrogens with two attached hydrogens (primary N) is 1. The predicted molar refractivity (Wildman–Crippen MR) is 67.5 cm³/mol. The largest absolute Gasteiger partial charge is 0.399 e. The number of anilines is 1. The van der Waals surface area contributed by atoms with Gasteiger partial charge in [-0.15, -0.1) is 0 Å². The van der Waals surface area contributed by atoms with E-state index in [9.17, 15) is 4.79 Å². The topological polar surface area (TPSA) is 46.3 Å². The molecule has 90 valence electrons. The molecule has 1 aliphatic carbocycles. The molecule has 1 aromatic rings. The first-order valence-corrected chi connectivity index (χ1v) is 6.38. The van der Waals surface area contributed by atoms with Gasteiger partial charge in [-0.3, -0.25) is 4.79 Å². The summed E-state index contributed by atoms with van der Waals surface area (Å²) in [6.45, 7) is 1.81. The highest BCUT2D eigenvalue weighted by atomic mass is 16.2. The van der Waals surface area contributed by atoms with Crippen LogP contribution in [0.1, 0.15) is 30.7 Å². The van der Waals surface area contributed by atoms with Crippen LogP contribution in [0.15, 0.2) is 24.3 Å². The van der Waals surface area contributed by atoms with Crippen LogP contribution in [0.5, 0.6) is 0 Å². The Bertz CT molecular complexity index is 422. The second kappa shape index (κ2) is 4.06. The fourth-order valence-electron chi connectivity index (χ4n) is 2.59. The summed E-state index contributed by atoms with van der Waals surface area (Å²) in [4.78, 5) is 14.0. The van der Waals surface area contributed by atoms with Crippen molar-refractivity contribution in [3.05, 3.63) is 29.8 Å². The van der Waals surface area contributed by atoms with Gasteiger partial charge in [0.25, 0.3) is 0 Å². The first kappa shape index (κ1) is 10.6. The first-order chi connectivity index (χ1) is 8.24. The van der Waals surface area contributed by atoms with Gasteiger partial charge in [-0.2, -0.15) is 0 Å². The fraction of sp³-hybridized carbons (Fsp3) is 0.500. The second-order valence-electron chi connectivity index (χ2n) is 5.21. The lowest BCUT2D eigenvalue weighted by Gasteiger charge is -2.16. The Labute approximate surface area is 102 Å². The molecule has 1 saturated heterocycles. The zero-order chi connectivity index (χ0) is 11.8. The molecule has 1 heterocycles. The van der Waals surface area contributed by atoms with Gasteiger partial charge in [0.15, 0.2) is 0 Å². The first-order valence-electron chi connectivity index (χ1n) is 6.38. The van der Waals surface area contributed by atoms with Gasteiger partial charge in [-0.25, -0.2) is 0 Å². The van der Waals surface area contributed by atoms with Crippen molar-refractivity contribution in [1.82, 2.24) is 4.90 Å². The van der Waals surface area contributed by atoms with E-state index in [1.165, 1.54) is 5.56 Å². The van der Waals surface area contributed by atoms with Gasteiger partial charge < -0.3 is 10.6 Å². The fourth-order valence-corrected chi connectivity index (χ4v) is 2.59. The van der Waals surface area contributed by atoms with Gasteiger partial charge in [0.1, 0.15) is 0 Å². The Morgan fingerprint density at radius 1 is 1.18 bits per heavy atom. The van der Waals surface area contributed by atoms with E-state index < -0.39 is 0 Å². The van der Waals surface area contributed by atoms with Crippen LogP contribution >= 0.6 is 0 Å². The summed E-state index contributed by atoms with van der Waals surface area (Å²) in [5.74, 6) is 1.22. The van der Waals surface area contributed by atoms with Crippen LogP contribution in [0, 0.1) is 5.92 Å². The average molecular weight is 230 g/mol. The maximum atomic E-state index is 11.9. The highest BCUT2D eigenvalue weighted by Gasteiger charge is 2.36. The molecule has 1 atom stereocenters. The van der Waals surface area contributed by atoms with Gasteiger partial charge in [0.2, 0.25) is 5.91 Å². The molecule has 0 spiro atoms. The molecule has 1 saturated carbocycles. The van der Waals surface area contributed by atoms with Crippen molar-refractivity contribution in [2.24, 2.45) is 5.92 Å². The van der Waals surface area contributed by atoms with Crippen LogP contribution in [-0.2, 0) is 4.79 Å². The molecule has 3 heteroatoms. The molecule has 1 aliphatic heterocycles. The maximum absolute atomic E-state index is 11.9. The number of carbonyl (C=O) groups is 1. The standard InChI is InChI=1S/C14H18N2O/c15-13-5-3-10(4-6-13)12-7-8-16(9-12)14(17)11-1-2-11/h3-6,11-12H,1-2,7-9,15H2. The molecule has 0 radical (unpaired) electrons. The lowest BCUT2D eigenvalue weighted by molar-refractivity contribution is -0.131. The van der Waals surface area contributed by atoms with Crippen LogP contribution in [0.2, 0.25) is 0 Å². The Kier molecular flexibility index (Phi) is 2.54. The molecule has 3 rings (SSSR count). The van der Waals surface area contributed by atoms with Gasteiger partial charge in [0, 0.05) is 30.6 Å². The zero-order valence-electron chi connectivity index (χ0n) is 9.93. The number of hydrogen-bond donors (Lipinski definition) is 1. The van der Waals surface area contributed by atoms with E-state index in [1.54, 1.807) is 0 Å².